The summed E-state index contributed by atoms with van der Waals surface area (Å²) in [5.74, 6) is 0.683. The maximum absolute atomic E-state index is 13.6. The average Bonchev–Trinajstić information content (AvgIpc) is 2.86. The lowest BCUT2D eigenvalue weighted by molar-refractivity contribution is -0.141. The summed E-state index contributed by atoms with van der Waals surface area (Å²) >= 11 is 12.7. The Balaban J connectivity index is 1.54. The summed E-state index contributed by atoms with van der Waals surface area (Å²) in [5, 5.41) is 1.06. The highest BCUT2D eigenvalue weighted by molar-refractivity contribution is 6.42. The number of amides is 2. The highest BCUT2D eigenvalue weighted by Crippen LogP contribution is 2.37. The molecule has 0 spiro atoms. The maximum atomic E-state index is 13.6. The third-order valence-corrected chi connectivity index (χ3v) is 8.59. The van der Waals surface area contributed by atoms with Gasteiger partial charge in [-0.3, -0.25) is 19.5 Å². The molecular formula is C29H38Cl2N4O2. The van der Waals surface area contributed by atoms with Crippen LogP contribution in [0.1, 0.15) is 64.3 Å². The molecule has 8 heteroatoms. The van der Waals surface area contributed by atoms with E-state index < -0.39 is 0 Å². The fourth-order valence-corrected chi connectivity index (χ4v) is 5.99. The molecule has 2 aromatic rings. The van der Waals surface area contributed by atoms with E-state index in [1.165, 1.54) is 0 Å². The number of rotatable bonds is 5. The number of nitrogens with zero attached hydrogens (tertiary/aromatic N) is 4. The summed E-state index contributed by atoms with van der Waals surface area (Å²) in [7, 11) is 0. The van der Waals surface area contributed by atoms with Gasteiger partial charge in [0.05, 0.1) is 21.8 Å². The first-order valence-corrected chi connectivity index (χ1v) is 13.9. The van der Waals surface area contributed by atoms with E-state index in [9.17, 15) is 9.59 Å². The largest absolute Gasteiger partial charge is 0.343 e. The minimum absolute atomic E-state index is 0.0556. The minimum Gasteiger partial charge on any atom is -0.343 e. The lowest BCUT2D eigenvalue weighted by Crippen LogP contribution is -2.60. The molecule has 2 amide bonds. The zero-order valence-corrected chi connectivity index (χ0v) is 23.8. The fraction of sp³-hybridized carbons (Fsp3) is 0.552. The molecule has 2 aliphatic rings. The third kappa shape index (κ3) is 6.65. The van der Waals surface area contributed by atoms with Gasteiger partial charge in [0, 0.05) is 58.3 Å². The number of benzene rings is 1. The normalized spacial score (nSPS) is 20.6. The molecule has 200 valence electrons. The molecule has 2 fully saturated rings. The van der Waals surface area contributed by atoms with Crippen LogP contribution in [0.4, 0.5) is 0 Å². The summed E-state index contributed by atoms with van der Waals surface area (Å²) < 4.78 is 0. The molecule has 2 atom stereocenters. The van der Waals surface area contributed by atoms with E-state index in [1.807, 2.05) is 47.5 Å². The number of carbonyl (C=O) groups is 2. The van der Waals surface area contributed by atoms with E-state index in [0.717, 1.165) is 50.3 Å². The standard InChI is InChI=1S/C29H38Cl2N4O2/c1-20(36)33-13-10-21(11-14-33)17-27(37)35-16-15-34(19-26(35)29(2,3)4)28(25-7-5-6-12-32-25)22-8-9-23(30)24(31)18-22/h5-9,12,18,21,26,28H,10-11,13-17,19H2,1-4H3/t26-,28?/m1/s1. The van der Waals surface area contributed by atoms with Crippen molar-refractivity contribution >= 4 is 35.0 Å². The quantitative estimate of drug-likeness (QED) is 0.485. The van der Waals surface area contributed by atoms with Crippen molar-refractivity contribution in [1.82, 2.24) is 19.7 Å². The number of piperazine rings is 1. The highest BCUT2D eigenvalue weighted by Gasteiger charge is 2.41. The second-order valence-electron chi connectivity index (χ2n) is 11.4. The molecular weight excluding hydrogens is 507 g/mol. The number of likely N-dealkylation sites (tertiary alicyclic amines) is 1. The SMILES string of the molecule is CC(=O)N1CCC(CC(=O)N2CCN(C(c3ccc(Cl)c(Cl)c3)c3ccccn3)C[C@@H]2C(C)(C)C)CC1. The fourth-order valence-electron chi connectivity index (χ4n) is 5.68. The van der Waals surface area contributed by atoms with Gasteiger partial charge in [0.1, 0.15) is 0 Å². The van der Waals surface area contributed by atoms with Crippen molar-refractivity contribution in [3.8, 4) is 0 Å². The monoisotopic (exact) mass is 544 g/mol. The van der Waals surface area contributed by atoms with E-state index in [2.05, 4.69) is 30.6 Å². The number of hydrogen-bond donors (Lipinski definition) is 0. The number of pyridine rings is 1. The van der Waals surface area contributed by atoms with Gasteiger partial charge in [-0.05, 0) is 54.0 Å². The van der Waals surface area contributed by atoms with Crippen molar-refractivity contribution in [2.75, 3.05) is 32.7 Å². The van der Waals surface area contributed by atoms with Gasteiger partial charge < -0.3 is 9.80 Å². The van der Waals surface area contributed by atoms with Gasteiger partial charge in [0.2, 0.25) is 11.8 Å². The molecule has 6 nitrogen and oxygen atoms in total. The Bertz CT molecular complexity index is 1100. The van der Waals surface area contributed by atoms with Crippen molar-refractivity contribution in [1.29, 1.82) is 0 Å². The predicted molar refractivity (Wildman–Crippen MR) is 149 cm³/mol. The third-order valence-electron chi connectivity index (χ3n) is 7.85. The molecule has 1 unspecified atom stereocenters. The lowest BCUT2D eigenvalue weighted by atomic mass is 9.82. The summed E-state index contributed by atoms with van der Waals surface area (Å²) in [6.07, 6.45) is 4.15. The summed E-state index contributed by atoms with van der Waals surface area (Å²) in [5.41, 5.74) is 1.89. The van der Waals surface area contributed by atoms with Crippen LogP contribution in [0.15, 0.2) is 42.6 Å². The van der Waals surface area contributed by atoms with Gasteiger partial charge >= 0.3 is 0 Å². The van der Waals surface area contributed by atoms with Crippen molar-refractivity contribution in [2.45, 2.75) is 59.0 Å². The number of halogens is 2. The minimum atomic E-state index is -0.0986. The van der Waals surface area contributed by atoms with E-state index >= 15 is 0 Å². The first kappa shape index (κ1) is 27.9. The Kier molecular flexibility index (Phi) is 8.82. The zero-order chi connectivity index (χ0) is 26.7. The van der Waals surface area contributed by atoms with Gasteiger partial charge in [-0.1, -0.05) is 56.1 Å². The number of carbonyl (C=O) groups excluding carboxylic acids is 2. The van der Waals surface area contributed by atoms with Crippen molar-refractivity contribution < 1.29 is 9.59 Å². The van der Waals surface area contributed by atoms with Crippen LogP contribution in [0.3, 0.4) is 0 Å². The Morgan fingerprint density at radius 3 is 2.35 bits per heavy atom. The summed E-state index contributed by atoms with van der Waals surface area (Å²) in [6.45, 7) is 11.9. The van der Waals surface area contributed by atoms with Crippen molar-refractivity contribution in [3.05, 3.63) is 63.9 Å². The van der Waals surface area contributed by atoms with Crippen LogP contribution in [0.25, 0.3) is 0 Å². The summed E-state index contributed by atoms with van der Waals surface area (Å²) in [6, 6.07) is 11.7. The van der Waals surface area contributed by atoms with E-state index in [0.29, 0.717) is 28.9 Å². The average molecular weight is 546 g/mol. The smallest absolute Gasteiger partial charge is 0.223 e. The first-order valence-electron chi connectivity index (χ1n) is 13.2. The Morgan fingerprint density at radius 2 is 1.76 bits per heavy atom. The van der Waals surface area contributed by atoms with Gasteiger partial charge in [-0.2, -0.15) is 0 Å². The van der Waals surface area contributed by atoms with Crippen LogP contribution in [0.5, 0.6) is 0 Å². The van der Waals surface area contributed by atoms with Gasteiger partial charge in [-0.15, -0.1) is 0 Å². The van der Waals surface area contributed by atoms with Crippen LogP contribution in [0.2, 0.25) is 10.0 Å². The number of hydrogen-bond acceptors (Lipinski definition) is 4. The van der Waals surface area contributed by atoms with Crippen molar-refractivity contribution in [2.24, 2.45) is 11.3 Å². The zero-order valence-electron chi connectivity index (χ0n) is 22.3. The molecule has 0 aliphatic carbocycles. The van der Waals surface area contributed by atoms with Crippen LogP contribution in [-0.2, 0) is 9.59 Å². The first-order chi connectivity index (χ1) is 17.5. The van der Waals surface area contributed by atoms with Crippen LogP contribution >= 0.6 is 23.2 Å². The molecule has 4 rings (SSSR count). The van der Waals surface area contributed by atoms with Gasteiger partial charge in [-0.25, -0.2) is 0 Å². The molecule has 0 bridgehead atoms. The van der Waals surface area contributed by atoms with Gasteiger partial charge in [0.15, 0.2) is 0 Å². The Labute approximate surface area is 230 Å². The molecule has 1 aromatic heterocycles. The molecule has 0 radical (unpaired) electrons. The van der Waals surface area contributed by atoms with Crippen LogP contribution in [-0.4, -0.2) is 70.3 Å². The van der Waals surface area contributed by atoms with Crippen molar-refractivity contribution in [3.63, 3.8) is 0 Å². The molecule has 1 aromatic carbocycles. The topological polar surface area (TPSA) is 56.8 Å². The predicted octanol–water partition coefficient (Wildman–Crippen LogP) is 5.69. The van der Waals surface area contributed by atoms with Crippen LogP contribution < -0.4 is 0 Å². The second-order valence-corrected chi connectivity index (χ2v) is 12.3. The maximum Gasteiger partial charge on any atom is 0.223 e. The Morgan fingerprint density at radius 1 is 1.03 bits per heavy atom. The molecule has 2 saturated heterocycles. The number of aromatic nitrogens is 1. The molecule has 37 heavy (non-hydrogen) atoms. The van der Waals surface area contributed by atoms with Crippen LogP contribution in [0, 0.1) is 11.3 Å². The molecule has 3 heterocycles. The molecule has 0 saturated carbocycles. The number of piperidine rings is 1. The van der Waals surface area contributed by atoms with E-state index in [-0.39, 0.29) is 29.3 Å². The van der Waals surface area contributed by atoms with E-state index in [4.69, 9.17) is 28.2 Å². The molecule has 2 aliphatic heterocycles. The highest BCUT2D eigenvalue weighted by atomic mass is 35.5. The Hall–Kier alpha value is -2.15. The summed E-state index contributed by atoms with van der Waals surface area (Å²) in [4.78, 5) is 36.4. The van der Waals surface area contributed by atoms with E-state index in [1.54, 1.807) is 6.92 Å². The molecule has 0 N–H and O–H groups in total. The second kappa shape index (κ2) is 11.7. The van der Waals surface area contributed by atoms with Gasteiger partial charge in [0.25, 0.3) is 0 Å². The lowest BCUT2D eigenvalue weighted by Gasteiger charge is -2.49.